The maximum absolute atomic E-state index is 11.1. The average molecular weight is 338 g/mol. The minimum absolute atomic E-state index is 0.221. The van der Waals surface area contributed by atoms with Crippen LogP contribution in [0.4, 0.5) is 4.79 Å². The third-order valence-electron chi connectivity index (χ3n) is 3.11. The number of carbonyl (C=O) groups is 2. The van der Waals surface area contributed by atoms with E-state index in [1.165, 1.54) is 5.56 Å². The van der Waals surface area contributed by atoms with Crippen LogP contribution >= 0.6 is 0 Å². The van der Waals surface area contributed by atoms with Crippen molar-refractivity contribution >= 4 is 12.0 Å². The Balaban J connectivity index is 1.79. The summed E-state index contributed by atoms with van der Waals surface area (Å²) in [4.78, 5) is 26.5. The van der Waals surface area contributed by atoms with E-state index in [0.29, 0.717) is 26.2 Å². The highest BCUT2D eigenvalue weighted by atomic mass is 16.6. The first-order valence-corrected chi connectivity index (χ1v) is 8.01. The fourth-order valence-corrected chi connectivity index (χ4v) is 1.94. The van der Waals surface area contributed by atoms with Gasteiger partial charge in [-0.3, -0.25) is 20.3 Å². The van der Waals surface area contributed by atoms with Crippen LogP contribution in [0.2, 0.25) is 0 Å². The van der Waals surface area contributed by atoms with Crippen LogP contribution in [0.15, 0.2) is 30.3 Å². The summed E-state index contributed by atoms with van der Waals surface area (Å²) in [7, 11) is 0. The van der Waals surface area contributed by atoms with E-state index in [0.717, 1.165) is 19.5 Å². The van der Waals surface area contributed by atoms with Gasteiger partial charge in [0.25, 0.3) is 0 Å². The Kier molecular flexibility index (Phi) is 11.2. The van der Waals surface area contributed by atoms with Gasteiger partial charge in [-0.25, -0.2) is 4.79 Å². The molecule has 8 heteroatoms. The molecule has 0 atom stereocenters. The van der Waals surface area contributed by atoms with Gasteiger partial charge in [0.2, 0.25) is 5.91 Å². The third-order valence-corrected chi connectivity index (χ3v) is 3.11. The second-order valence-corrected chi connectivity index (χ2v) is 5.14. The minimum Gasteiger partial charge on any atom is -0.465 e. The highest BCUT2D eigenvalue weighted by Gasteiger charge is 2.04. The number of nitrogens with one attached hydrogen (secondary N) is 4. The first-order valence-electron chi connectivity index (χ1n) is 8.01. The molecule has 0 radical (unpaired) electrons. The maximum atomic E-state index is 11.1. The maximum Gasteiger partial charge on any atom is 0.411 e. The zero-order valence-electron chi connectivity index (χ0n) is 13.7. The smallest absolute Gasteiger partial charge is 0.411 e. The average Bonchev–Trinajstić information content (AvgIpc) is 2.56. The van der Waals surface area contributed by atoms with Crippen LogP contribution in [0.5, 0.6) is 0 Å². The predicted octanol–water partition coefficient (Wildman–Crippen LogP) is 0.809. The summed E-state index contributed by atoms with van der Waals surface area (Å²) < 4.78 is 0. The Morgan fingerprint density at radius 1 is 1.04 bits per heavy atom. The first-order chi connectivity index (χ1) is 11.7. The van der Waals surface area contributed by atoms with Crippen molar-refractivity contribution in [3.05, 3.63) is 35.9 Å². The van der Waals surface area contributed by atoms with Crippen LogP contribution < -0.4 is 21.4 Å². The number of hydrogen-bond donors (Lipinski definition) is 5. The number of hydrogen-bond acceptors (Lipinski definition) is 6. The molecule has 5 N–H and O–H groups in total. The van der Waals surface area contributed by atoms with Gasteiger partial charge in [0.1, 0.15) is 0 Å². The molecule has 1 rings (SSSR count). The molecule has 1 aromatic carbocycles. The highest BCUT2D eigenvalue weighted by Crippen LogP contribution is 1.96. The van der Waals surface area contributed by atoms with Crippen molar-refractivity contribution in [2.75, 3.05) is 26.4 Å². The summed E-state index contributed by atoms with van der Waals surface area (Å²) in [6, 6.07) is 10.1. The van der Waals surface area contributed by atoms with E-state index >= 15 is 0 Å². The summed E-state index contributed by atoms with van der Waals surface area (Å²) in [5, 5.41) is 16.6. The van der Waals surface area contributed by atoms with Gasteiger partial charge in [-0.2, -0.15) is 5.48 Å². The van der Waals surface area contributed by atoms with E-state index in [9.17, 15) is 9.59 Å². The van der Waals surface area contributed by atoms with Crippen molar-refractivity contribution in [1.29, 1.82) is 0 Å². The molecule has 0 aliphatic rings. The van der Waals surface area contributed by atoms with Crippen molar-refractivity contribution in [3.63, 3.8) is 0 Å². The SMILES string of the molecule is O=C(O)NC(=O)CCCCNCCONCNCc1ccccc1. The summed E-state index contributed by atoms with van der Waals surface area (Å²) in [6.45, 7) is 3.34. The van der Waals surface area contributed by atoms with Crippen LogP contribution in [0, 0.1) is 0 Å². The summed E-state index contributed by atoms with van der Waals surface area (Å²) in [6.07, 6.45) is 0.369. The third kappa shape index (κ3) is 11.6. The minimum atomic E-state index is -1.30. The highest BCUT2D eigenvalue weighted by molar-refractivity contribution is 5.90. The van der Waals surface area contributed by atoms with Crippen molar-refractivity contribution in [3.8, 4) is 0 Å². The number of benzene rings is 1. The molecule has 0 aromatic heterocycles. The summed E-state index contributed by atoms with van der Waals surface area (Å²) in [5.74, 6) is -0.460. The second-order valence-electron chi connectivity index (χ2n) is 5.14. The van der Waals surface area contributed by atoms with E-state index in [-0.39, 0.29) is 6.42 Å². The molecule has 0 saturated heterocycles. The van der Waals surface area contributed by atoms with Crippen molar-refractivity contribution in [2.24, 2.45) is 0 Å². The van der Waals surface area contributed by atoms with E-state index in [2.05, 4.69) is 28.2 Å². The predicted molar refractivity (Wildman–Crippen MR) is 90.1 cm³/mol. The van der Waals surface area contributed by atoms with Crippen LogP contribution in [0.25, 0.3) is 0 Å². The molecule has 0 bridgehead atoms. The summed E-state index contributed by atoms with van der Waals surface area (Å²) >= 11 is 0. The number of rotatable bonds is 13. The van der Waals surface area contributed by atoms with E-state index in [1.807, 2.05) is 23.5 Å². The largest absolute Gasteiger partial charge is 0.465 e. The molecule has 0 fully saturated rings. The molecule has 8 nitrogen and oxygen atoms in total. The molecule has 1 aromatic rings. The molecule has 24 heavy (non-hydrogen) atoms. The van der Waals surface area contributed by atoms with Crippen LogP contribution in [0.3, 0.4) is 0 Å². The topological polar surface area (TPSA) is 112 Å². The van der Waals surface area contributed by atoms with E-state index in [1.54, 1.807) is 0 Å². The Morgan fingerprint density at radius 3 is 2.58 bits per heavy atom. The van der Waals surface area contributed by atoms with Gasteiger partial charge in [-0.05, 0) is 24.9 Å². The van der Waals surface area contributed by atoms with Gasteiger partial charge < -0.3 is 10.4 Å². The van der Waals surface area contributed by atoms with Gasteiger partial charge in [0.15, 0.2) is 0 Å². The molecule has 0 aliphatic heterocycles. The number of carbonyl (C=O) groups excluding carboxylic acids is 1. The van der Waals surface area contributed by atoms with Gasteiger partial charge >= 0.3 is 6.09 Å². The first kappa shape index (κ1) is 20.0. The molecule has 134 valence electrons. The van der Waals surface area contributed by atoms with Gasteiger partial charge in [-0.15, -0.1) is 0 Å². The van der Waals surface area contributed by atoms with Crippen LogP contribution in [0.1, 0.15) is 24.8 Å². The standard InChI is InChI=1S/C16H26N4O4/c21-15(20-16(22)23)8-4-5-9-17-10-11-24-19-13-18-12-14-6-2-1-3-7-14/h1-3,6-7,17-19H,4-5,8-13H2,(H,20,21)(H,22,23). The van der Waals surface area contributed by atoms with Crippen LogP contribution in [-0.4, -0.2) is 43.5 Å². The Hall–Kier alpha value is -2.00. The Morgan fingerprint density at radius 2 is 1.83 bits per heavy atom. The normalized spacial score (nSPS) is 10.5. The zero-order chi connectivity index (χ0) is 17.5. The lowest BCUT2D eigenvalue weighted by Gasteiger charge is -2.08. The molecule has 0 heterocycles. The number of imide groups is 1. The number of amides is 2. The van der Waals surface area contributed by atoms with E-state index < -0.39 is 12.0 Å². The Bertz CT molecular complexity index is 470. The lowest BCUT2D eigenvalue weighted by Crippen LogP contribution is -2.31. The molecule has 0 spiro atoms. The van der Waals surface area contributed by atoms with Crippen LogP contribution in [-0.2, 0) is 16.2 Å². The number of hydroxylamine groups is 1. The van der Waals surface area contributed by atoms with Crippen molar-refractivity contribution < 1.29 is 19.5 Å². The van der Waals surface area contributed by atoms with Gasteiger partial charge in [0, 0.05) is 19.5 Å². The number of unbranched alkanes of at least 4 members (excludes halogenated alkanes) is 1. The fraction of sp³-hybridized carbons (Fsp3) is 0.500. The molecular formula is C16H26N4O4. The second kappa shape index (κ2) is 13.4. The van der Waals surface area contributed by atoms with E-state index in [4.69, 9.17) is 9.94 Å². The molecule has 0 aliphatic carbocycles. The fourth-order valence-electron chi connectivity index (χ4n) is 1.94. The lowest BCUT2D eigenvalue weighted by molar-refractivity contribution is -0.120. The monoisotopic (exact) mass is 338 g/mol. The molecule has 0 unspecified atom stereocenters. The number of carboxylic acid groups (broad SMARTS) is 1. The molecular weight excluding hydrogens is 312 g/mol. The lowest BCUT2D eigenvalue weighted by atomic mass is 10.2. The molecule has 0 saturated carbocycles. The van der Waals surface area contributed by atoms with Gasteiger partial charge in [0.05, 0.1) is 13.3 Å². The van der Waals surface area contributed by atoms with Crippen molar-refractivity contribution in [1.82, 2.24) is 21.4 Å². The molecule has 2 amide bonds. The van der Waals surface area contributed by atoms with Gasteiger partial charge in [-0.1, -0.05) is 30.3 Å². The zero-order valence-corrected chi connectivity index (χ0v) is 13.7. The Labute approximate surface area is 141 Å². The summed E-state index contributed by atoms with van der Waals surface area (Å²) in [5.41, 5.74) is 4.05. The van der Waals surface area contributed by atoms with Crippen molar-refractivity contribution in [2.45, 2.75) is 25.8 Å². The quantitative estimate of drug-likeness (QED) is 0.206.